The van der Waals surface area contributed by atoms with E-state index in [-0.39, 0.29) is 41.1 Å². The van der Waals surface area contributed by atoms with Crippen LogP contribution in [0.4, 0.5) is 0 Å². The van der Waals surface area contributed by atoms with Gasteiger partial charge in [0.15, 0.2) is 0 Å². The van der Waals surface area contributed by atoms with Crippen LogP contribution in [0.25, 0.3) is 0 Å². The van der Waals surface area contributed by atoms with Gasteiger partial charge in [-0.05, 0) is 26.0 Å². The summed E-state index contributed by atoms with van der Waals surface area (Å²) in [6.45, 7) is 5.72. The summed E-state index contributed by atoms with van der Waals surface area (Å²) in [5.74, 6) is -1.19. The predicted octanol–water partition coefficient (Wildman–Crippen LogP) is 0.166. The molecule has 0 radical (unpaired) electrons. The molecule has 1 heterocycles. The van der Waals surface area contributed by atoms with Crippen LogP contribution in [-0.4, -0.2) is 54.2 Å². The topological polar surface area (TPSA) is 117 Å². The van der Waals surface area contributed by atoms with Gasteiger partial charge in [-0.25, -0.2) is 0 Å². The fourth-order valence-electron chi connectivity index (χ4n) is 2.58. The number of hydrogen-bond donors (Lipinski definition) is 4. The van der Waals surface area contributed by atoms with Crippen molar-refractivity contribution in [2.24, 2.45) is 5.92 Å². The van der Waals surface area contributed by atoms with E-state index in [9.17, 15) is 19.5 Å². The highest BCUT2D eigenvalue weighted by Crippen LogP contribution is 2.17. The van der Waals surface area contributed by atoms with Gasteiger partial charge >= 0.3 is 0 Å². The summed E-state index contributed by atoms with van der Waals surface area (Å²) in [4.78, 5) is 36.1. The lowest BCUT2D eigenvalue weighted by Crippen LogP contribution is -2.59. The number of carbonyl (C=O) groups excluding carboxylic acids is 3. The van der Waals surface area contributed by atoms with Gasteiger partial charge in [0.2, 0.25) is 11.8 Å². The number of benzene rings is 1. The molecule has 26 heavy (non-hydrogen) atoms. The zero-order valence-electron chi connectivity index (χ0n) is 15.1. The molecule has 3 amide bonds. The second-order valence-electron chi connectivity index (χ2n) is 6.55. The Morgan fingerprint density at radius 3 is 2.23 bits per heavy atom. The van der Waals surface area contributed by atoms with Gasteiger partial charge in [0.1, 0.15) is 11.8 Å². The Morgan fingerprint density at radius 1 is 1.08 bits per heavy atom. The van der Waals surface area contributed by atoms with Gasteiger partial charge in [-0.3, -0.25) is 14.4 Å². The molecule has 1 aromatic carbocycles. The maximum Gasteiger partial charge on any atom is 0.255 e. The van der Waals surface area contributed by atoms with Crippen molar-refractivity contribution in [1.29, 1.82) is 0 Å². The maximum atomic E-state index is 12.5. The lowest BCUT2D eigenvalue weighted by molar-refractivity contribution is -0.136. The van der Waals surface area contributed by atoms with Crippen molar-refractivity contribution in [1.82, 2.24) is 16.0 Å². The first-order valence-corrected chi connectivity index (χ1v) is 8.53. The van der Waals surface area contributed by atoms with Crippen molar-refractivity contribution >= 4 is 17.7 Å². The summed E-state index contributed by atoms with van der Waals surface area (Å²) in [5, 5.41) is 18.0. The lowest BCUT2D eigenvalue weighted by Gasteiger charge is -2.34. The molecule has 8 nitrogen and oxygen atoms in total. The van der Waals surface area contributed by atoms with Crippen molar-refractivity contribution in [2.75, 3.05) is 13.2 Å². The molecule has 1 fully saturated rings. The Labute approximate surface area is 152 Å². The molecule has 0 aliphatic carbocycles. The van der Waals surface area contributed by atoms with E-state index in [0.717, 1.165) is 0 Å². The highest BCUT2D eigenvalue weighted by Gasteiger charge is 2.35. The van der Waals surface area contributed by atoms with Gasteiger partial charge in [0, 0.05) is 24.9 Å². The molecule has 3 atom stereocenters. The molecule has 3 unspecified atom stereocenters. The molecule has 1 aromatic rings. The zero-order valence-corrected chi connectivity index (χ0v) is 15.1. The van der Waals surface area contributed by atoms with Gasteiger partial charge in [-0.1, -0.05) is 12.1 Å². The van der Waals surface area contributed by atoms with Crippen molar-refractivity contribution in [2.45, 2.75) is 38.9 Å². The Bertz CT molecular complexity index is 675. The minimum absolute atomic E-state index is 0.0581. The Kier molecular flexibility index (Phi) is 6.57. The van der Waals surface area contributed by atoms with Crippen molar-refractivity contribution < 1.29 is 24.2 Å². The highest BCUT2D eigenvalue weighted by molar-refractivity contribution is 5.97. The highest BCUT2D eigenvalue weighted by atomic mass is 16.5. The second kappa shape index (κ2) is 8.66. The third-order valence-corrected chi connectivity index (χ3v) is 4.40. The van der Waals surface area contributed by atoms with E-state index in [4.69, 9.17) is 4.74 Å². The number of rotatable bonds is 7. The first kappa shape index (κ1) is 19.7. The predicted molar refractivity (Wildman–Crippen MR) is 94.6 cm³/mol. The molecular weight excluding hydrogens is 338 g/mol. The molecule has 0 aromatic heterocycles. The number of hydrogen-bond acceptors (Lipinski definition) is 5. The summed E-state index contributed by atoms with van der Waals surface area (Å²) in [6, 6.07) is 4.81. The van der Waals surface area contributed by atoms with E-state index in [0.29, 0.717) is 13.2 Å². The van der Waals surface area contributed by atoms with Gasteiger partial charge in [-0.15, -0.1) is 0 Å². The Balaban J connectivity index is 1.93. The summed E-state index contributed by atoms with van der Waals surface area (Å²) < 4.78 is 5.10. The smallest absolute Gasteiger partial charge is 0.255 e. The van der Waals surface area contributed by atoms with E-state index >= 15 is 0 Å². The number of phenolic OH excluding ortho intramolecular Hbond substituents is 1. The largest absolute Gasteiger partial charge is 0.507 e. The van der Waals surface area contributed by atoms with Gasteiger partial charge < -0.3 is 25.8 Å². The molecule has 1 aliphatic rings. The van der Waals surface area contributed by atoms with E-state index in [2.05, 4.69) is 16.0 Å². The van der Waals surface area contributed by atoms with Crippen LogP contribution in [0.15, 0.2) is 24.3 Å². The number of amides is 3. The molecule has 0 bridgehead atoms. The van der Waals surface area contributed by atoms with E-state index < -0.39 is 11.9 Å². The number of aromatic hydroxyl groups is 1. The normalized spacial score (nSPS) is 17.3. The number of carbonyl (C=O) groups is 3. The first-order valence-electron chi connectivity index (χ1n) is 8.53. The second-order valence-corrected chi connectivity index (χ2v) is 6.55. The molecule has 0 saturated carbocycles. The van der Waals surface area contributed by atoms with Gasteiger partial charge in [0.25, 0.3) is 5.91 Å². The minimum atomic E-state index is -0.662. The monoisotopic (exact) mass is 363 g/mol. The molecule has 1 aliphatic heterocycles. The van der Waals surface area contributed by atoms with Crippen LogP contribution >= 0.6 is 0 Å². The zero-order chi connectivity index (χ0) is 19.3. The first-order chi connectivity index (χ1) is 12.3. The molecule has 0 spiro atoms. The summed E-state index contributed by atoms with van der Waals surface area (Å²) in [5.41, 5.74) is 0.167. The van der Waals surface area contributed by atoms with Crippen LogP contribution in [0.5, 0.6) is 5.75 Å². The van der Waals surface area contributed by atoms with Crippen LogP contribution in [-0.2, 0) is 14.3 Å². The Morgan fingerprint density at radius 2 is 1.69 bits per heavy atom. The average molecular weight is 363 g/mol. The SMILES string of the molecule is CC(=O)NC(C(=O)NC(C)C(C)NC(=O)c1ccccc1O)C1COC1. The molecular formula is C18H25N3O5. The number of para-hydroxylation sites is 1. The van der Waals surface area contributed by atoms with Crippen LogP contribution in [0.2, 0.25) is 0 Å². The van der Waals surface area contributed by atoms with Gasteiger partial charge in [-0.2, -0.15) is 0 Å². The maximum absolute atomic E-state index is 12.5. The average Bonchev–Trinajstić information content (AvgIpc) is 2.52. The van der Waals surface area contributed by atoms with E-state index in [1.807, 2.05) is 0 Å². The third kappa shape index (κ3) is 4.95. The van der Waals surface area contributed by atoms with E-state index in [1.54, 1.807) is 26.0 Å². The minimum Gasteiger partial charge on any atom is -0.507 e. The van der Waals surface area contributed by atoms with Crippen molar-refractivity contribution in [3.05, 3.63) is 29.8 Å². The van der Waals surface area contributed by atoms with Crippen LogP contribution in [0, 0.1) is 5.92 Å². The summed E-state index contributed by atoms with van der Waals surface area (Å²) in [7, 11) is 0. The number of phenols is 1. The van der Waals surface area contributed by atoms with Crippen molar-refractivity contribution in [3.63, 3.8) is 0 Å². The fraction of sp³-hybridized carbons (Fsp3) is 0.500. The third-order valence-electron chi connectivity index (χ3n) is 4.40. The number of nitrogens with one attached hydrogen (secondary N) is 3. The van der Waals surface area contributed by atoms with Crippen LogP contribution in [0.3, 0.4) is 0 Å². The molecule has 8 heteroatoms. The van der Waals surface area contributed by atoms with Crippen LogP contribution in [0.1, 0.15) is 31.1 Å². The number of ether oxygens (including phenoxy) is 1. The fourth-order valence-corrected chi connectivity index (χ4v) is 2.58. The van der Waals surface area contributed by atoms with Gasteiger partial charge in [0.05, 0.1) is 18.8 Å². The Hall–Kier alpha value is -2.61. The molecule has 1 saturated heterocycles. The quantitative estimate of drug-likeness (QED) is 0.551. The van der Waals surface area contributed by atoms with E-state index in [1.165, 1.54) is 19.1 Å². The molecule has 4 N–H and O–H groups in total. The van der Waals surface area contributed by atoms with Crippen LogP contribution < -0.4 is 16.0 Å². The summed E-state index contributed by atoms with van der Waals surface area (Å²) >= 11 is 0. The molecule has 2 rings (SSSR count). The summed E-state index contributed by atoms with van der Waals surface area (Å²) in [6.07, 6.45) is 0. The standard InChI is InChI=1S/C18H25N3O5/c1-10(19-17(24)14-6-4-5-7-15(14)23)11(2)20-18(25)16(21-12(3)22)13-8-26-9-13/h4-7,10-11,13,16,23H,8-9H2,1-3H3,(H,19,24)(H,20,25)(H,21,22). The molecule has 142 valence electrons. The lowest BCUT2D eigenvalue weighted by atomic mass is 9.96. The van der Waals surface area contributed by atoms with Crippen molar-refractivity contribution in [3.8, 4) is 5.75 Å².